The highest BCUT2D eigenvalue weighted by Gasteiger charge is 2.45. The first-order valence-corrected chi connectivity index (χ1v) is 6.67. The lowest BCUT2D eigenvalue weighted by molar-refractivity contribution is 0.247. The summed E-state index contributed by atoms with van der Waals surface area (Å²) in [6, 6.07) is 7.27. The molecule has 2 amide bonds. The van der Waals surface area contributed by atoms with Crippen molar-refractivity contribution >= 4 is 23.4 Å². The molecule has 0 aliphatic heterocycles. The van der Waals surface area contributed by atoms with E-state index in [9.17, 15) is 4.79 Å². The molecule has 0 atom stereocenters. The average Bonchev–Trinajstić information content (AvgIpc) is 3.21. The molecule has 1 aliphatic rings. The van der Waals surface area contributed by atoms with Crippen LogP contribution in [0.2, 0.25) is 5.02 Å². The Bertz CT molecular complexity index is 611. The van der Waals surface area contributed by atoms with Gasteiger partial charge < -0.3 is 5.32 Å². The van der Waals surface area contributed by atoms with Gasteiger partial charge in [0, 0.05) is 17.4 Å². The lowest BCUT2D eigenvalue weighted by Crippen LogP contribution is -2.38. The predicted octanol–water partition coefficient (Wildman–Crippen LogP) is 2.94. The standard InChI is InChI=1S/C14H13ClN4O/c15-11-3-1-10(2-4-11)14(5-6-14)19-13(20)18-12-9-16-7-8-17-12/h1-4,7-9H,5-6H2,(H2,17,18,19,20). The van der Waals surface area contributed by atoms with Crippen molar-refractivity contribution in [3.63, 3.8) is 0 Å². The zero-order valence-electron chi connectivity index (χ0n) is 10.6. The molecule has 0 saturated heterocycles. The van der Waals surface area contributed by atoms with Crippen LogP contribution in [0.15, 0.2) is 42.9 Å². The summed E-state index contributed by atoms with van der Waals surface area (Å²) in [5.41, 5.74) is 0.785. The summed E-state index contributed by atoms with van der Waals surface area (Å²) in [7, 11) is 0. The van der Waals surface area contributed by atoms with E-state index < -0.39 is 0 Å². The maximum atomic E-state index is 12.0. The molecule has 1 fully saturated rings. The number of amides is 2. The number of urea groups is 1. The second kappa shape index (κ2) is 5.09. The average molecular weight is 289 g/mol. The van der Waals surface area contributed by atoms with Crippen LogP contribution in [0.5, 0.6) is 0 Å². The molecule has 5 nitrogen and oxygen atoms in total. The number of nitrogens with one attached hydrogen (secondary N) is 2. The molecule has 102 valence electrons. The summed E-state index contributed by atoms with van der Waals surface area (Å²) in [6.45, 7) is 0. The Morgan fingerprint density at radius 1 is 1.20 bits per heavy atom. The Hall–Kier alpha value is -2.14. The van der Waals surface area contributed by atoms with E-state index >= 15 is 0 Å². The van der Waals surface area contributed by atoms with Crippen LogP contribution < -0.4 is 10.6 Å². The van der Waals surface area contributed by atoms with Crippen molar-refractivity contribution in [1.29, 1.82) is 0 Å². The molecule has 1 heterocycles. The SMILES string of the molecule is O=C(Nc1cnccn1)NC1(c2ccc(Cl)cc2)CC1. The van der Waals surface area contributed by atoms with E-state index in [1.54, 1.807) is 6.20 Å². The molecule has 20 heavy (non-hydrogen) atoms. The highest BCUT2D eigenvalue weighted by molar-refractivity contribution is 6.30. The summed E-state index contributed by atoms with van der Waals surface area (Å²) in [6.07, 6.45) is 6.42. The minimum Gasteiger partial charge on any atom is -0.328 e. The van der Waals surface area contributed by atoms with Crippen LogP contribution in [-0.2, 0) is 5.54 Å². The largest absolute Gasteiger partial charge is 0.328 e. The van der Waals surface area contributed by atoms with Gasteiger partial charge in [0.05, 0.1) is 11.7 Å². The number of nitrogens with zero attached hydrogens (tertiary/aromatic N) is 2. The van der Waals surface area contributed by atoms with Gasteiger partial charge in [0.1, 0.15) is 0 Å². The number of carbonyl (C=O) groups excluding carboxylic acids is 1. The van der Waals surface area contributed by atoms with Crippen molar-refractivity contribution in [2.75, 3.05) is 5.32 Å². The number of halogens is 1. The molecule has 0 bridgehead atoms. The molecule has 0 spiro atoms. The molecule has 1 aliphatic carbocycles. The lowest BCUT2D eigenvalue weighted by atomic mass is 10.1. The Kier molecular flexibility index (Phi) is 3.28. The Labute approximate surface area is 121 Å². The smallest absolute Gasteiger partial charge is 0.321 e. The highest BCUT2D eigenvalue weighted by Crippen LogP contribution is 2.45. The monoisotopic (exact) mass is 288 g/mol. The summed E-state index contributed by atoms with van der Waals surface area (Å²) >= 11 is 5.88. The second-order valence-electron chi connectivity index (χ2n) is 4.76. The molecule has 3 rings (SSSR count). The van der Waals surface area contributed by atoms with Gasteiger partial charge in [-0.05, 0) is 30.5 Å². The van der Waals surface area contributed by atoms with E-state index in [4.69, 9.17) is 11.6 Å². The molecule has 2 N–H and O–H groups in total. The lowest BCUT2D eigenvalue weighted by Gasteiger charge is -2.18. The third-order valence-electron chi connectivity index (χ3n) is 3.30. The molecule has 1 saturated carbocycles. The molecule has 2 aromatic rings. The maximum absolute atomic E-state index is 12.0. The summed E-state index contributed by atoms with van der Waals surface area (Å²) < 4.78 is 0. The molecule has 0 unspecified atom stereocenters. The molecular weight excluding hydrogens is 276 g/mol. The van der Waals surface area contributed by atoms with Crippen LogP contribution in [0, 0.1) is 0 Å². The van der Waals surface area contributed by atoms with Gasteiger partial charge in [-0.1, -0.05) is 23.7 Å². The van der Waals surface area contributed by atoms with E-state index in [1.807, 2.05) is 24.3 Å². The molecule has 0 radical (unpaired) electrons. The van der Waals surface area contributed by atoms with Crippen molar-refractivity contribution in [2.24, 2.45) is 0 Å². The quantitative estimate of drug-likeness (QED) is 0.912. The number of carbonyl (C=O) groups is 1. The Morgan fingerprint density at radius 3 is 2.55 bits per heavy atom. The van der Waals surface area contributed by atoms with Gasteiger partial charge in [-0.2, -0.15) is 0 Å². The Morgan fingerprint density at radius 2 is 1.95 bits per heavy atom. The number of anilines is 1. The first-order chi connectivity index (χ1) is 9.68. The van der Waals surface area contributed by atoms with Crippen molar-refractivity contribution in [3.05, 3.63) is 53.4 Å². The second-order valence-corrected chi connectivity index (χ2v) is 5.20. The summed E-state index contributed by atoms with van der Waals surface area (Å²) in [5.74, 6) is 0.428. The van der Waals surface area contributed by atoms with Crippen molar-refractivity contribution in [3.8, 4) is 0 Å². The first kappa shape index (κ1) is 12.9. The van der Waals surface area contributed by atoms with Gasteiger partial charge in [-0.25, -0.2) is 9.78 Å². The van der Waals surface area contributed by atoms with Gasteiger partial charge in [0.25, 0.3) is 0 Å². The van der Waals surface area contributed by atoms with Gasteiger partial charge in [0.2, 0.25) is 0 Å². The minimum atomic E-state index is -0.281. The van der Waals surface area contributed by atoms with Gasteiger partial charge in [-0.15, -0.1) is 0 Å². The number of rotatable bonds is 3. The maximum Gasteiger partial charge on any atom is 0.321 e. The zero-order valence-corrected chi connectivity index (χ0v) is 11.4. The van der Waals surface area contributed by atoms with Crippen molar-refractivity contribution in [2.45, 2.75) is 18.4 Å². The van der Waals surface area contributed by atoms with E-state index in [-0.39, 0.29) is 11.6 Å². The number of aromatic nitrogens is 2. The fourth-order valence-corrected chi connectivity index (χ4v) is 2.23. The number of benzene rings is 1. The fourth-order valence-electron chi connectivity index (χ4n) is 2.11. The van der Waals surface area contributed by atoms with Gasteiger partial charge in [0.15, 0.2) is 5.82 Å². The molecule has 1 aromatic carbocycles. The van der Waals surface area contributed by atoms with Crippen LogP contribution in [0.1, 0.15) is 18.4 Å². The van der Waals surface area contributed by atoms with Crippen LogP contribution in [0.3, 0.4) is 0 Å². The van der Waals surface area contributed by atoms with Crippen molar-refractivity contribution in [1.82, 2.24) is 15.3 Å². The van der Waals surface area contributed by atoms with Crippen LogP contribution in [-0.4, -0.2) is 16.0 Å². The molecular formula is C14H13ClN4O. The van der Waals surface area contributed by atoms with Crippen LogP contribution in [0.4, 0.5) is 10.6 Å². The third kappa shape index (κ3) is 2.72. The topological polar surface area (TPSA) is 66.9 Å². The zero-order chi connectivity index (χ0) is 14.0. The number of hydrogen-bond acceptors (Lipinski definition) is 3. The van der Waals surface area contributed by atoms with E-state index in [0.717, 1.165) is 18.4 Å². The van der Waals surface area contributed by atoms with E-state index in [2.05, 4.69) is 20.6 Å². The normalized spacial score (nSPS) is 15.4. The minimum absolute atomic E-state index is 0.280. The fraction of sp³-hybridized carbons (Fsp3) is 0.214. The highest BCUT2D eigenvalue weighted by atomic mass is 35.5. The van der Waals surface area contributed by atoms with Crippen molar-refractivity contribution < 1.29 is 4.79 Å². The first-order valence-electron chi connectivity index (χ1n) is 6.29. The molecule has 1 aromatic heterocycles. The summed E-state index contributed by atoms with van der Waals surface area (Å²) in [4.78, 5) is 19.9. The van der Waals surface area contributed by atoms with E-state index in [0.29, 0.717) is 10.8 Å². The Balaban J connectivity index is 1.68. The van der Waals surface area contributed by atoms with Gasteiger partial charge >= 0.3 is 6.03 Å². The van der Waals surface area contributed by atoms with Crippen LogP contribution >= 0.6 is 11.6 Å². The van der Waals surface area contributed by atoms with E-state index in [1.165, 1.54) is 12.4 Å². The number of hydrogen-bond donors (Lipinski definition) is 2. The van der Waals surface area contributed by atoms with Crippen LogP contribution in [0.25, 0.3) is 0 Å². The predicted molar refractivity (Wildman–Crippen MR) is 76.6 cm³/mol. The third-order valence-corrected chi connectivity index (χ3v) is 3.56. The van der Waals surface area contributed by atoms with Gasteiger partial charge in [-0.3, -0.25) is 10.3 Å². The summed E-state index contributed by atoms with van der Waals surface area (Å²) in [5, 5.41) is 6.35. The molecule has 6 heteroatoms.